The zero-order valence-electron chi connectivity index (χ0n) is 7.02. The molecule has 13 heavy (non-hydrogen) atoms. The Balaban J connectivity index is 3.24. The molecular formula is C9H9F3O. The summed E-state index contributed by atoms with van der Waals surface area (Å²) in [5.41, 5.74) is -0.555. The summed E-state index contributed by atoms with van der Waals surface area (Å²) in [6.07, 6.45) is -4.08. The van der Waals surface area contributed by atoms with Crippen molar-refractivity contribution < 1.29 is 18.3 Å². The zero-order valence-corrected chi connectivity index (χ0v) is 7.02. The van der Waals surface area contributed by atoms with E-state index in [1.165, 1.54) is 12.1 Å². The third kappa shape index (κ3) is 2.14. The van der Waals surface area contributed by atoms with Crippen LogP contribution in [-0.2, 0) is 12.6 Å². The molecule has 0 heterocycles. The van der Waals surface area contributed by atoms with Crippen molar-refractivity contribution in [1.82, 2.24) is 0 Å². The van der Waals surface area contributed by atoms with Crippen molar-refractivity contribution in [2.45, 2.75) is 19.5 Å². The van der Waals surface area contributed by atoms with Crippen LogP contribution in [0.1, 0.15) is 18.1 Å². The number of rotatable bonds is 1. The van der Waals surface area contributed by atoms with Crippen molar-refractivity contribution in [3.05, 3.63) is 29.3 Å². The summed E-state index contributed by atoms with van der Waals surface area (Å²) >= 11 is 0. The van der Waals surface area contributed by atoms with Crippen molar-refractivity contribution >= 4 is 0 Å². The molecule has 0 aromatic heterocycles. The summed E-state index contributed by atoms with van der Waals surface area (Å²) in [7, 11) is 0. The van der Waals surface area contributed by atoms with E-state index >= 15 is 0 Å². The van der Waals surface area contributed by atoms with E-state index in [0.717, 1.165) is 6.07 Å². The van der Waals surface area contributed by atoms with Crippen LogP contribution in [0.3, 0.4) is 0 Å². The fraction of sp³-hybridized carbons (Fsp3) is 0.333. The third-order valence-corrected chi connectivity index (χ3v) is 1.78. The first-order valence-electron chi connectivity index (χ1n) is 3.84. The Morgan fingerprint density at radius 2 is 1.92 bits per heavy atom. The summed E-state index contributed by atoms with van der Waals surface area (Å²) in [5.74, 6) is -0.357. The van der Waals surface area contributed by atoms with Crippen molar-refractivity contribution in [1.29, 1.82) is 0 Å². The van der Waals surface area contributed by atoms with Crippen molar-refractivity contribution in [2.24, 2.45) is 0 Å². The Kier molecular flexibility index (Phi) is 2.50. The first kappa shape index (κ1) is 9.89. The van der Waals surface area contributed by atoms with Gasteiger partial charge in [0, 0.05) is 0 Å². The molecule has 0 aliphatic carbocycles. The molecule has 0 bridgehead atoms. The number of benzene rings is 1. The monoisotopic (exact) mass is 190 g/mol. The van der Waals surface area contributed by atoms with Gasteiger partial charge >= 0.3 is 6.18 Å². The molecule has 0 unspecified atom stereocenters. The predicted molar refractivity (Wildman–Crippen MR) is 42.5 cm³/mol. The minimum atomic E-state index is -4.38. The van der Waals surface area contributed by atoms with Crippen molar-refractivity contribution in [2.75, 3.05) is 0 Å². The maximum absolute atomic E-state index is 12.3. The molecule has 0 saturated carbocycles. The van der Waals surface area contributed by atoms with Gasteiger partial charge < -0.3 is 5.11 Å². The maximum Gasteiger partial charge on any atom is 0.416 e. The third-order valence-electron chi connectivity index (χ3n) is 1.78. The molecule has 1 nitrogen and oxygen atoms in total. The highest BCUT2D eigenvalue weighted by atomic mass is 19.4. The highest BCUT2D eigenvalue weighted by Gasteiger charge is 2.33. The SMILES string of the molecule is CCc1ccc(O)cc1C(F)(F)F. The average Bonchev–Trinajstić information content (AvgIpc) is 2.03. The molecule has 0 spiro atoms. The molecule has 0 radical (unpaired) electrons. The molecule has 4 heteroatoms. The number of alkyl halides is 3. The molecule has 1 aromatic rings. The molecule has 0 fully saturated rings. The van der Waals surface area contributed by atoms with Gasteiger partial charge in [0.25, 0.3) is 0 Å². The average molecular weight is 190 g/mol. The summed E-state index contributed by atoms with van der Waals surface area (Å²) < 4.78 is 36.9. The zero-order chi connectivity index (χ0) is 10.1. The molecule has 1 rings (SSSR count). The normalized spacial score (nSPS) is 11.7. The van der Waals surface area contributed by atoms with E-state index in [4.69, 9.17) is 5.11 Å². The molecule has 0 amide bonds. The highest BCUT2D eigenvalue weighted by Crippen LogP contribution is 2.34. The fourth-order valence-corrected chi connectivity index (χ4v) is 1.14. The van der Waals surface area contributed by atoms with Crippen LogP contribution in [0.25, 0.3) is 0 Å². The lowest BCUT2D eigenvalue weighted by molar-refractivity contribution is -0.138. The lowest BCUT2D eigenvalue weighted by Crippen LogP contribution is -2.08. The largest absolute Gasteiger partial charge is 0.508 e. The maximum atomic E-state index is 12.3. The van der Waals surface area contributed by atoms with Gasteiger partial charge in [-0.2, -0.15) is 13.2 Å². The van der Waals surface area contributed by atoms with Gasteiger partial charge in [0.05, 0.1) is 5.56 Å². The second-order valence-corrected chi connectivity index (χ2v) is 2.69. The van der Waals surface area contributed by atoms with Crippen LogP contribution >= 0.6 is 0 Å². The highest BCUT2D eigenvalue weighted by molar-refractivity contribution is 5.36. The quantitative estimate of drug-likeness (QED) is 0.721. The Labute approximate surface area is 73.8 Å². The first-order valence-corrected chi connectivity index (χ1v) is 3.84. The number of phenols is 1. The molecule has 0 aliphatic heterocycles. The van der Waals surface area contributed by atoms with E-state index in [1.807, 2.05) is 0 Å². The molecule has 0 atom stereocenters. The van der Waals surface area contributed by atoms with Crippen molar-refractivity contribution in [3.8, 4) is 5.75 Å². The Hall–Kier alpha value is -1.19. The van der Waals surface area contributed by atoms with Gasteiger partial charge in [-0.1, -0.05) is 13.0 Å². The number of aryl methyl sites for hydroxylation is 1. The summed E-state index contributed by atoms with van der Waals surface area (Å²) in [5, 5.41) is 8.90. The van der Waals surface area contributed by atoms with Gasteiger partial charge in [-0.15, -0.1) is 0 Å². The Bertz CT molecular complexity index is 304. The van der Waals surface area contributed by atoms with E-state index in [-0.39, 0.29) is 11.3 Å². The van der Waals surface area contributed by atoms with Crippen molar-refractivity contribution in [3.63, 3.8) is 0 Å². The number of halogens is 3. The van der Waals surface area contributed by atoms with E-state index in [1.54, 1.807) is 6.92 Å². The topological polar surface area (TPSA) is 20.2 Å². The Morgan fingerprint density at radius 3 is 2.38 bits per heavy atom. The molecule has 0 saturated heterocycles. The molecule has 1 aromatic carbocycles. The van der Waals surface area contributed by atoms with Gasteiger partial charge in [0.15, 0.2) is 0 Å². The van der Waals surface area contributed by atoms with E-state index in [9.17, 15) is 13.2 Å². The van der Waals surface area contributed by atoms with E-state index in [2.05, 4.69) is 0 Å². The van der Waals surface area contributed by atoms with Crippen LogP contribution in [0.5, 0.6) is 5.75 Å². The molecule has 0 aliphatic rings. The van der Waals surface area contributed by atoms with Crippen LogP contribution in [0.2, 0.25) is 0 Å². The van der Waals surface area contributed by atoms with Crippen LogP contribution in [0, 0.1) is 0 Å². The number of phenolic OH excluding ortho intramolecular Hbond substituents is 1. The number of hydrogen-bond acceptors (Lipinski definition) is 1. The lowest BCUT2D eigenvalue weighted by Gasteiger charge is -2.11. The smallest absolute Gasteiger partial charge is 0.416 e. The van der Waals surface area contributed by atoms with Crippen LogP contribution in [0.15, 0.2) is 18.2 Å². The molecule has 72 valence electrons. The second-order valence-electron chi connectivity index (χ2n) is 2.69. The van der Waals surface area contributed by atoms with Gasteiger partial charge in [0.1, 0.15) is 5.75 Å². The predicted octanol–water partition coefficient (Wildman–Crippen LogP) is 2.97. The van der Waals surface area contributed by atoms with Crippen LogP contribution in [-0.4, -0.2) is 5.11 Å². The standard InChI is InChI=1S/C9H9F3O/c1-2-6-3-4-7(13)5-8(6)9(10,11)12/h3-5,13H,2H2,1H3. The summed E-state index contributed by atoms with van der Waals surface area (Å²) in [6, 6.07) is 3.30. The Morgan fingerprint density at radius 1 is 1.31 bits per heavy atom. The van der Waals surface area contributed by atoms with Gasteiger partial charge in [-0.05, 0) is 24.1 Å². The molecule has 1 N–H and O–H groups in total. The second kappa shape index (κ2) is 3.28. The van der Waals surface area contributed by atoms with E-state index in [0.29, 0.717) is 6.42 Å². The van der Waals surface area contributed by atoms with E-state index < -0.39 is 11.7 Å². The van der Waals surface area contributed by atoms with Gasteiger partial charge in [-0.25, -0.2) is 0 Å². The lowest BCUT2D eigenvalue weighted by atomic mass is 10.0. The fourth-order valence-electron chi connectivity index (χ4n) is 1.14. The van der Waals surface area contributed by atoms with Gasteiger partial charge in [0.2, 0.25) is 0 Å². The summed E-state index contributed by atoms with van der Waals surface area (Å²) in [4.78, 5) is 0. The van der Waals surface area contributed by atoms with Crippen LogP contribution < -0.4 is 0 Å². The van der Waals surface area contributed by atoms with Crippen LogP contribution in [0.4, 0.5) is 13.2 Å². The first-order chi connectivity index (χ1) is 5.95. The number of hydrogen-bond donors (Lipinski definition) is 1. The van der Waals surface area contributed by atoms with Gasteiger partial charge in [-0.3, -0.25) is 0 Å². The minimum absolute atomic E-state index is 0.199. The summed E-state index contributed by atoms with van der Waals surface area (Å²) in [6.45, 7) is 1.64. The minimum Gasteiger partial charge on any atom is -0.508 e. The molecular weight excluding hydrogens is 181 g/mol. The number of aromatic hydroxyl groups is 1.